The molecule has 1 aromatic heterocycles. The number of nitrogens with zero attached hydrogens (tertiary/aromatic N) is 2. The number of hydrogen-bond acceptors (Lipinski definition) is 6. The fraction of sp³-hybridized carbons (Fsp3) is 0.143. The maximum absolute atomic E-state index is 12.1. The molecule has 0 aliphatic rings. The van der Waals surface area contributed by atoms with Crippen molar-refractivity contribution in [2.75, 3.05) is 0 Å². The first-order valence-corrected chi connectivity index (χ1v) is 6.23. The van der Waals surface area contributed by atoms with Gasteiger partial charge in [0, 0.05) is 17.3 Å². The Kier molecular flexibility index (Phi) is 5.82. The summed E-state index contributed by atoms with van der Waals surface area (Å²) in [7, 11) is 0. The summed E-state index contributed by atoms with van der Waals surface area (Å²) in [5, 5.41) is 27.8. The van der Waals surface area contributed by atoms with Gasteiger partial charge in [0.25, 0.3) is 0 Å². The molecule has 24 heavy (non-hydrogen) atoms. The number of phenols is 2. The molecule has 2 rings (SSSR count). The molecule has 0 radical (unpaired) electrons. The second kappa shape index (κ2) is 7.40. The zero-order valence-corrected chi connectivity index (χ0v) is 12.1. The topological polar surface area (TPSA) is 114 Å². The van der Waals surface area contributed by atoms with Gasteiger partial charge >= 0.3 is 11.9 Å². The van der Waals surface area contributed by atoms with Gasteiger partial charge in [0.05, 0.1) is 4.92 Å². The molecule has 0 saturated heterocycles. The summed E-state index contributed by atoms with van der Waals surface area (Å²) < 4.78 is 36.2. The number of carbonyl (C=O) groups excluding carboxylic acids is 1. The minimum Gasteiger partial charge on any atom is -0.504 e. The molecule has 0 unspecified atom stereocenters. The van der Waals surface area contributed by atoms with Gasteiger partial charge in [-0.25, -0.2) is 4.98 Å². The summed E-state index contributed by atoms with van der Waals surface area (Å²) in [6.45, 7) is 1.36. The number of carbonyl (C=O) groups is 1. The number of aromatic nitrogens is 1. The van der Waals surface area contributed by atoms with E-state index in [0.29, 0.717) is 6.29 Å². The molecular formula is C14H11F3N2O5. The van der Waals surface area contributed by atoms with E-state index >= 15 is 0 Å². The van der Waals surface area contributed by atoms with Crippen molar-refractivity contribution in [2.45, 2.75) is 13.1 Å². The molecule has 1 heterocycles. The van der Waals surface area contributed by atoms with Crippen LogP contribution in [0.2, 0.25) is 0 Å². The maximum atomic E-state index is 12.1. The van der Waals surface area contributed by atoms with Gasteiger partial charge in [0.1, 0.15) is 5.69 Å². The van der Waals surface area contributed by atoms with Crippen molar-refractivity contribution < 1.29 is 33.1 Å². The number of hydrogen-bond donors (Lipinski definition) is 2. The number of benzene rings is 1. The number of nitro groups is 1. The Bertz CT molecular complexity index is 763. The summed E-state index contributed by atoms with van der Waals surface area (Å²) >= 11 is 0. The molecule has 0 saturated carbocycles. The molecule has 2 N–H and O–H groups in total. The van der Waals surface area contributed by atoms with E-state index < -0.39 is 34.0 Å². The van der Waals surface area contributed by atoms with Crippen molar-refractivity contribution in [3.8, 4) is 11.5 Å². The average molecular weight is 344 g/mol. The highest BCUT2D eigenvalue weighted by Gasteiger charge is 2.32. The standard InChI is InChI=1S/C8H6F3NO.C6H5NO4/c1-5-6(4-13)2-3-7(12-5)8(9,10)11;8-5-3-1-2-4(6(5)9)7(10)11/h2-4H,1H3;1-3,8-9H. The second-order valence-corrected chi connectivity index (χ2v) is 4.39. The molecule has 10 heteroatoms. The molecule has 0 atom stereocenters. The van der Waals surface area contributed by atoms with Crippen LogP contribution in [0.3, 0.4) is 0 Å². The van der Waals surface area contributed by atoms with Crippen LogP contribution in [-0.2, 0) is 6.18 Å². The normalized spacial score (nSPS) is 10.5. The number of aromatic hydroxyl groups is 2. The predicted octanol–water partition coefficient (Wildman–Crippen LogP) is 3.23. The smallest absolute Gasteiger partial charge is 0.433 e. The molecule has 7 nitrogen and oxygen atoms in total. The SMILES string of the molecule is Cc1nc(C(F)(F)F)ccc1C=O.O=[N+]([O-])c1cccc(O)c1O. The largest absolute Gasteiger partial charge is 0.504 e. The predicted molar refractivity (Wildman–Crippen MR) is 75.8 cm³/mol. The summed E-state index contributed by atoms with van der Waals surface area (Å²) in [5.41, 5.74) is -1.21. The Morgan fingerprint density at radius 2 is 1.83 bits per heavy atom. The minimum absolute atomic E-state index is 0.0878. The Labute approximate surface area is 133 Å². The van der Waals surface area contributed by atoms with Crippen LogP contribution in [0.15, 0.2) is 30.3 Å². The third-order valence-electron chi connectivity index (χ3n) is 2.73. The maximum Gasteiger partial charge on any atom is 0.433 e. The van der Waals surface area contributed by atoms with E-state index in [9.17, 15) is 28.1 Å². The lowest BCUT2D eigenvalue weighted by atomic mass is 10.2. The average Bonchev–Trinajstić information content (AvgIpc) is 2.49. The number of pyridine rings is 1. The molecule has 0 amide bonds. The molecule has 0 aliphatic heterocycles. The number of halogens is 3. The van der Waals surface area contributed by atoms with Crippen LogP contribution in [0, 0.1) is 17.0 Å². The van der Waals surface area contributed by atoms with Crippen molar-refractivity contribution in [3.05, 3.63) is 57.4 Å². The van der Waals surface area contributed by atoms with Gasteiger partial charge in [0.15, 0.2) is 12.0 Å². The van der Waals surface area contributed by atoms with Crippen LogP contribution in [0.4, 0.5) is 18.9 Å². The van der Waals surface area contributed by atoms with E-state index in [4.69, 9.17) is 10.2 Å². The molecular weight excluding hydrogens is 333 g/mol. The molecule has 0 fully saturated rings. The Hall–Kier alpha value is -3.17. The molecule has 128 valence electrons. The van der Waals surface area contributed by atoms with Crippen LogP contribution < -0.4 is 0 Å². The molecule has 2 aromatic rings. The zero-order valence-electron chi connectivity index (χ0n) is 12.1. The fourth-order valence-corrected chi connectivity index (χ4v) is 1.52. The molecule has 0 bridgehead atoms. The van der Waals surface area contributed by atoms with E-state index in [1.165, 1.54) is 19.1 Å². The van der Waals surface area contributed by atoms with Gasteiger partial charge in [-0.1, -0.05) is 6.07 Å². The van der Waals surface area contributed by atoms with Gasteiger partial charge in [0.2, 0.25) is 5.75 Å². The van der Waals surface area contributed by atoms with E-state index in [-0.39, 0.29) is 11.3 Å². The Morgan fingerprint density at radius 1 is 1.21 bits per heavy atom. The van der Waals surface area contributed by atoms with E-state index in [1.54, 1.807) is 0 Å². The number of aryl methyl sites for hydroxylation is 1. The fourth-order valence-electron chi connectivity index (χ4n) is 1.52. The quantitative estimate of drug-likeness (QED) is 0.374. The summed E-state index contributed by atoms with van der Waals surface area (Å²) in [4.78, 5) is 22.9. The summed E-state index contributed by atoms with van der Waals surface area (Å²) in [5.74, 6) is -1.18. The third-order valence-corrected chi connectivity index (χ3v) is 2.73. The third kappa shape index (κ3) is 4.66. The Morgan fingerprint density at radius 3 is 2.25 bits per heavy atom. The lowest BCUT2D eigenvalue weighted by molar-refractivity contribution is -0.386. The van der Waals surface area contributed by atoms with Crippen LogP contribution in [-0.4, -0.2) is 26.4 Å². The van der Waals surface area contributed by atoms with Gasteiger partial charge in [-0.3, -0.25) is 14.9 Å². The highest BCUT2D eigenvalue weighted by molar-refractivity contribution is 5.76. The number of alkyl halides is 3. The van der Waals surface area contributed by atoms with Gasteiger partial charge in [-0.15, -0.1) is 0 Å². The van der Waals surface area contributed by atoms with Crippen molar-refractivity contribution in [1.29, 1.82) is 0 Å². The molecule has 0 aliphatic carbocycles. The van der Waals surface area contributed by atoms with Crippen molar-refractivity contribution in [2.24, 2.45) is 0 Å². The monoisotopic (exact) mass is 344 g/mol. The summed E-state index contributed by atoms with van der Waals surface area (Å²) in [6.07, 6.45) is -3.98. The van der Waals surface area contributed by atoms with Crippen LogP contribution in [0.1, 0.15) is 21.7 Å². The number of aldehydes is 1. The summed E-state index contributed by atoms with van der Waals surface area (Å²) in [6, 6.07) is 5.46. The lowest BCUT2D eigenvalue weighted by Crippen LogP contribution is -2.09. The van der Waals surface area contributed by atoms with Crippen LogP contribution in [0.5, 0.6) is 11.5 Å². The van der Waals surface area contributed by atoms with Crippen LogP contribution in [0.25, 0.3) is 0 Å². The minimum atomic E-state index is -4.45. The highest BCUT2D eigenvalue weighted by Crippen LogP contribution is 2.33. The van der Waals surface area contributed by atoms with Gasteiger partial charge < -0.3 is 10.2 Å². The van der Waals surface area contributed by atoms with Crippen molar-refractivity contribution in [3.63, 3.8) is 0 Å². The van der Waals surface area contributed by atoms with Crippen molar-refractivity contribution in [1.82, 2.24) is 4.98 Å². The van der Waals surface area contributed by atoms with Crippen molar-refractivity contribution >= 4 is 12.0 Å². The number of nitro benzene ring substituents is 1. The zero-order chi connectivity index (χ0) is 18.5. The number of phenolic OH excluding ortho intramolecular Hbond substituents is 2. The van der Waals surface area contributed by atoms with Crippen LogP contribution >= 0.6 is 0 Å². The molecule has 0 spiro atoms. The lowest BCUT2D eigenvalue weighted by Gasteiger charge is -2.06. The van der Waals surface area contributed by atoms with Gasteiger partial charge in [-0.05, 0) is 25.1 Å². The van der Waals surface area contributed by atoms with E-state index in [1.807, 2.05) is 0 Å². The number of rotatable bonds is 2. The number of para-hydroxylation sites is 1. The molecule has 1 aromatic carbocycles. The van der Waals surface area contributed by atoms with Gasteiger partial charge in [-0.2, -0.15) is 13.2 Å². The first-order chi connectivity index (χ1) is 11.1. The Balaban J connectivity index is 0.000000243. The second-order valence-electron chi connectivity index (χ2n) is 4.39. The first-order valence-electron chi connectivity index (χ1n) is 6.23. The van der Waals surface area contributed by atoms with E-state index in [2.05, 4.69) is 4.98 Å². The van der Waals surface area contributed by atoms with E-state index in [0.717, 1.165) is 18.2 Å². The first kappa shape index (κ1) is 18.9. The highest BCUT2D eigenvalue weighted by atomic mass is 19.4.